The molecule has 11 heavy (non-hydrogen) atoms. The Bertz CT molecular complexity index is 165. The molecule has 0 saturated heterocycles. The average molecular weight is 179 g/mol. The summed E-state index contributed by atoms with van der Waals surface area (Å²) in [6.45, 7) is 1.62. The summed E-state index contributed by atoms with van der Waals surface area (Å²) in [5.74, 6) is -0.943. The quantitative estimate of drug-likeness (QED) is 0.499. The third-order valence-corrected chi connectivity index (χ3v) is 1.61. The first-order chi connectivity index (χ1) is 5.11. The lowest BCUT2D eigenvalue weighted by Gasteiger charge is -2.05. The van der Waals surface area contributed by atoms with Gasteiger partial charge in [-0.25, -0.2) is 4.79 Å². The molecular formula is C7H11ClO3. The molecule has 0 spiro atoms. The first kappa shape index (κ1) is 10.5. The van der Waals surface area contributed by atoms with E-state index in [1.54, 1.807) is 6.92 Å². The normalized spacial score (nSPS) is 14.6. The van der Waals surface area contributed by atoms with Crippen molar-refractivity contribution >= 4 is 17.6 Å². The van der Waals surface area contributed by atoms with Crippen molar-refractivity contribution in [1.29, 1.82) is 0 Å². The van der Waals surface area contributed by atoms with Crippen LogP contribution < -0.4 is 0 Å². The zero-order chi connectivity index (χ0) is 8.85. The van der Waals surface area contributed by atoms with Crippen LogP contribution in [0.5, 0.6) is 0 Å². The molecule has 0 radical (unpaired) electrons. The van der Waals surface area contributed by atoms with E-state index in [0.29, 0.717) is 0 Å². The Morgan fingerprint density at radius 2 is 2.27 bits per heavy atom. The summed E-state index contributed by atoms with van der Waals surface area (Å²) in [7, 11) is 0. The van der Waals surface area contributed by atoms with E-state index in [1.165, 1.54) is 6.08 Å². The Kier molecular flexibility index (Phi) is 4.90. The minimum absolute atomic E-state index is 0.0601. The van der Waals surface area contributed by atoms with Crippen molar-refractivity contribution in [3.8, 4) is 0 Å². The molecule has 3 nitrogen and oxygen atoms in total. The van der Waals surface area contributed by atoms with Crippen molar-refractivity contribution in [1.82, 2.24) is 0 Å². The van der Waals surface area contributed by atoms with Crippen LogP contribution in [0, 0.1) is 0 Å². The monoisotopic (exact) mass is 178 g/mol. The SMILES string of the molecule is C/C=C(\CC(O)CCl)C(=O)O. The maximum Gasteiger partial charge on any atom is 0.331 e. The van der Waals surface area contributed by atoms with Crippen molar-refractivity contribution in [2.24, 2.45) is 0 Å². The van der Waals surface area contributed by atoms with Gasteiger partial charge in [0.2, 0.25) is 0 Å². The second-order valence-corrected chi connectivity index (χ2v) is 2.44. The van der Waals surface area contributed by atoms with Crippen LogP contribution >= 0.6 is 11.6 Å². The molecule has 0 aliphatic heterocycles. The predicted molar refractivity (Wildman–Crippen MR) is 42.7 cm³/mol. The molecule has 0 rings (SSSR count). The van der Waals surface area contributed by atoms with Gasteiger partial charge in [0, 0.05) is 17.9 Å². The van der Waals surface area contributed by atoms with Crippen LogP contribution in [-0.4, -0.2) is 28.2 Å². The largest absolute Gasteiger partial charge is 0.478 e. The van der Waals surface area contributed by atoms with Gasteiger partial charge in [0.05, 0.1) is 6.10 Å². The zero-order valence-electron chi connectivity index (χ0n) is 6.25. The molecule has 0 aromatic rings. The highest BCUT2D eigenvalue weighted by Crippen LogP contribution is 2.06. The Morgan fingerprint density at radius 1 is 1.73 bits per heavy atom. The number of aliphatic hydroxyl groups excluding tert-OH is 1. The van der Waals surface area contributed by atoms with Gasteiger partial charge >= 0.3 is 5.97 Å². The molecule has 0 amide bonds. The summed E-state index contributed by atoms with van der Waals surface area (Å²) in [4.78, 5) is 10.4. The minimum atomic E-state index is -1.00. The van der Waals surface area contributed by atoms with Crippen LogP contribution in [0.4, 0.5) is 0 Å². The number of alkyl halides is 1. The molecule has 0 bridgehead atoms. The van der Waals surface area contributed by atoms with E-state index in [0.717, 1.165) is 0 Å². The molecule has 64 valence electrons. The molecule has 2 N–H and O–H groups in total. The zero-order valence-corrected chi connectivity index (χ0v) is 7.01. The molecule has 0 aromatic heterocycles. The molecule has 0 aliphatic carbocycles. The number of hydrogen-bond donors (Lipinski definition) is 2. The molecule has 4 heteroatoms. The first-order valence-corrected chi connectivity index (χ1v) is 3.77. The summed E-state index contributed by atoms with van der Waals surface area (Å²) in [6.07, 6.45) is 0.798. The number of rotatable bonds is 4. The number of aliphatic carboxylic acids is 1. The highest BCUT2D eigenvalue weighted by molar-refractivity contribution is 6.18. The lowest BCUT2D eigenvalue weighted by molar-refractivity contribution is -0.133. The van der Waals surface area contributed by atoms with E-state index in [2.05, 4.69) is 0 Å². The summed E-state index contributed by atoms with van der Waals surface area (Å²) < 4.78 is 0. The molecule has 0 heterocycles. The van der Waals surface area contributed by atoms with Gasteiger partial charge in [0.25, 0.3) is 0 Å². The molecule has 0 saturated carbocycles. The average Bonchev–Trinajstić information content (AvgIpc) is 1.99. The topological polar surface area (TPSA) is 57.5 Å². The van der Waals surface area contributed by atoms with Crippen molar-refractivity contribution < 1.29 is 15.0 Å². The van der Waals surface area contributed by atoms with Gasteiger partial charge in [0.1, 0.15) is 0 Å². The third-order valence-electron chi connectivity index (χ3n) is 1.26. The fourth-order valence-electron chi connectivity index (χ4n) is 0.637. The molecular weight excluding hydrogens is 168 g/mol. The smallest absolute Gasteiger partial charge is 0.331 e. The summed E-state index contributed by atoms with van der Waals surface area (Å²) >= 11 is 5.29. The molecule has 1 unspecified atom stereocenters. The predicted octanol–water partition coefficient (Wildman–Crippen LogP) is 1.01. The Balaban J connectivity index is 4.00. The number of carbonyl (C=O) groups is 1. The van der Waals surface area contributed by atoms with Gasteiger partial charge < -0.3 is 10.2 Å². The van der Waals surface area contributed by atoms with Crippen molar-refractivity contribution in [2.75, 3.05) is 5.88 Å². The van der Waals surface area contributed by atoms with Gasteiger partial charge in [-0.05, 0) is 6.92 Å². The maximum atomic E-state index is 10.4. The van der Waals surface area contributed by atoms with E-state index in [4.69, 9.17) is 21.8 Å². The number of carboxylic acid groups (broad SMARTS) is 1. The van der Waals surface area contributed by atoms with Crippen LogP contribution in [0.3, 0.4) is 0 Å². The fourth-order valence-corrected chi connectivity index (χ4v) is 0.746. The van der Waals surface area contributed by atoms with Crippen LogP contribution in [0.15, 0.2) is 11.6 Å². The lowest BCUT2D eigenvalue weighted by Crippen LogP contribution is -2.13. The molecule has 0 fully saturated rings. The minimum Gasteiger partial charge on any atom is -0.478 e. The maximum absolute atomic E-state index is 10.4. The van der Waals surface area contributed by atoms with Gasteiger partial charge in [0.15, 0.2) is 0 Å². The number of halogens is 1. The van der Waals surface area contributed by atoms with Gasteiger partial charge in [-0.2, -0.15) is 0 Å². The molecule has 0 aromatic carbocycles. The van der Waals surface area contributed by atoms with Crippen LogP contribution in [0.25, 0.3) is 0 Å². The highest BCUT2D eigenvalue weighted by Gasteiger charge is 2.10. The van der Waals surface area contributed by atoms with E-state index in [-0.39, 0.29) is 17.9 Å². The Hall–Kier alpha value is -0.540. The first-order valence-electron chi connectivity index (χ1n) is 3.24. The Morgan fingerprint density at radius 3 is 2.55 bits per heavy atom. The van der Waals surface area contributed by atoms with Gasteiger partial charge in [-0.3, -0.25) is 0 Å². The van der Waals surface area contributed by atoms with Gasteiger partial charge in [-0.15, -0.1) is 11.6 Å². The van der Waals surface area contributed by atoms with Crippen LogP contribution in [-0.2, 0) is 4.79 Å². The van der Waals surface area contributed by atoms with E-state index in [9.17, 15) is 4.79 Å². The number of carboxylic acids is 1. The summed E-state index contributed by atoms with van der Waals surface area (Å²) in [5, 5.41) is 17.5. The number of aliphatic hydroxyl groups is 1. The van der Waals surface area contributed by atoms with E-state index >= 15 is 0 Å². The standard InChI is InChI=1S/C7H11ClO3/c1-2-5(7(10)11)3-6(9)4-8/h2,6,9H,3-4H2,1H3,(H,10,11)/b5-2+. The Labute approximate surface area is 70.3 Å². The van der Waals surface area contributed by atoms with Crippen molar-refractivity contribution in [3.05, 3.63) is 11.6 Å². The van der Waals surface area contributed by atoms with Gasteiger partial charge in [-0.1, -0.05) is 6.08 Å². The lowest BCUT2D eigenvalue weighted by atomic mass is 10.1. The second kappa shape index (κ2) is 5.16. The van der Waals surface area contributed by atoms with E-state index in [1.807, 2.05) is 0 Å². The number of allylic oxidation sites excluding steroid dienone is 1. The van der Waals surface area contributed by atoms with Crippen LogP contribution in [0.2, 0.25) is 0 Å². The van der Waals surface area contributed by atoms with E-state index < -0.39 is 12.1 Å². The summed E-state index contributed by atoms with van der Waals surface area (Å²) in [5.41, 5.74) is 0.193. The van der Waals surface area contributed by atoms with Crippen molar-refractivity contribution in [2.45, 2.75) is 19.4 Å². The fraction of sp³-hybridized carbons (Fsp3) is 0.571. The van der Waals surface area contributed by atoms with Crippen molar-refractivity contribution in [3.63, 3.8) is 0 Å². The van der Waals surface area contributed by atoms with Crippen LogP contribution in [0.1, 0.15) is 13.3 Å². The highest BCUT2D eigenvalue weighted by atomic mass is 35.5. The second-order valence-electron chi connectivity index (χ2n) is 2.13. The molecule has 0 aliphatic rings. The third kappa shape index (κ3) is 4.01. The summed E-state index contributed by atoms with van der Waals surface area (Å²) in [6, 6.07) is 0. The number of hydrogen-bond acceptors (Lipinski definition) is 2. The molecule has 1 atom stereocenters.